The zero-order valence-corrected chi connectivity index (χ0v) is 7.64. The number of fused-ring (bicyclic) bond motifs is 2. The van der Waals surface area contributed by atoms with Crippen LogP contribution in [0.2, 0.25) is 0 Å². The average molecular weight is 150 g/mol. The Balaban J connectivity index is 1.90. The van der Waals surface area contributed by atoms with Crippen LogP contribution in [0, 0.1) is 29.1 Å². The summed E-state index contributed by atoms with van der Waals surface area (Å²) in [6.07, 6.45) is 6.24. The SMILES string of the molecule is CC1C2CC2CC2CCC21C. The minimum absolute atomic E-state index is 0.789. The maximum Gasteiger partial charge on any atom is -0.0269 e. The Morgan fingerprint density at radius 1 is 1.27 bits per heavy atom. The molecule has 0 nitrogen and oxygen atoms in total. The van der Waals surface area contributed by atoms with Crippen LogP contribution in [-0.4, -0.2) is 0 Å². The van der Waals surface area contributed by atoms with Gasteiger partial charge in [0, 0.05) is 0 Å². The second-order valence-corrected chi connectivity index (χ2v) is 5.43. The van der Waals surface area contributed by atoms with Crippen LogP contribution in [0.3, 0.4) is 0 Å². The van der Waals surface area contributed by atoms with E-state index < -0.39 is 0 Å². The van der Waals surface area contributed by atoms with Crippen LogP contribution in [0.4, 0.5) is 0 Å². The quantitative estimate of drug-likeness (QED) is 0.498. The van der Waals surface area contributed by atoms with E-state index in [1.807, 2.05) is 0 Å². The molecule has 0 N–H and O–H groups in total. The molecular formula is C11H18. The van der Waals surface area contributed by atoms with E-state index in [2.05, 4.69) is 13.8 Å². The van der Waals surface area contributed by atoms with Gasteiger partial charge in [0.25, 0.3) is 0 Å². The van der Waals surface area contributed by atoms with E-state index in [9.17, 15) is 0 Å². The van der Waals surface area contributed by atoms with Gasteiger partial charge in [0.05, 0.1) is 0 Å². The zero-order valence-electron chi connectivity index (χ0n) is 7.64. The Morgan fingerprint density at radius 2 is 2.09 bits per heavy atom. The molecule has 0 bridgehead atoms. The predicted molar refractivity (Wildman–Crippen MR) is 46.2 cm³/mol. The van der Waals surface area contributed by atoms with Crippen molar-refractivity contribution < 1.29 is 0 Å². The van der Waals surface area contributed by atoms with Gasteiger partial charge < -0.3 is 0 Å². The van der Waals surface area contributed by atoms with E-state index >= 15 is 0 Å². The normalized spacial score (nSPS) is 66.0. The van der Waals surface area contributed by atoms with Gasteiger partial charge in [-0.1, -0.05) is 13.8 Å². The summed E-state index contributed by atoms with van der Waals surface area (Å²) in [5.41, 5.74) is 0.789. The summed E-state index contributed by atoms with van der Waals surface area (Å²) in [6.45, 7) is 5.05. The van der Waals surface area contributed by atoms with Crippen molar-refractivity contribution in [1.82, 2.24) is 0 Å². The minimum Gasteiger partial charge on any atom is -0.0617 e. The minimum atomic E-state index is 0.789. The molecular weight excluding hydrogens is 132 g/mol. The predicted octanol–water partition coefficient (Wildman–Crippen LogP) is 3.08. The van der Waals surface area contributed by atoms with Crippen LogP contribution < -0.4 is 0 Å². The third-order valence-corrected chi connectivity index (χ3v) is 5.21. The summed E-state index contributed by atoms with van der Waals surface area (Å²) in [4.78, 5) is 0. The van der Waals surface area contributed by atoms with E-state index in [0.29, 0.717) is 0 Å². The van der Waals surface area contributed by atoms with Crippen LogP contribution in [0.5, 0.6) is 0 Å². The Morgan fingerprint density at radius 3 is 2.73 bits per heavy atom. The maximum atomic E-state index is 2.54. The highest BCUT2D eigenvalue weighted by Crippen LogP contribution is 2.68. The van der Waals surface area contributed by atoms with Crippen molar-refractivity contribution in [3.63, 3.8) is 0 Å². The fraction of sp³-hybridized carbons (Fsp3) is 1.00. The van der Waals surface area contributed by atoms with Crippen molar-refractivity contribution in [1.29, 1.82) is 0 Å². The first-order chi connectivity index (χ1) is 5.22. The lowest BCUT2D eigenvalue weighted by atomic mass is 9.51. The lowest BCUT2D eigenvalue weighted by molar-refractivity contribution is -0.0498. The monoisotopic (exact) mass is 150 g/mol. The fourth-order valence-corrected chi connectivity index (χ4v) is 3.80. The highest BCUT2D eigenvalue weighted by atomic mass is 14.6. The molecule has 3 aliphatic rings. The first-order valence-corrected chi connectivity index (χ1v) is 5.22. The zero-order chi connectivity index (χ0) is 7.64. The number of rotatable bonds is 0. The maximum absolute atomic E-state index is 2.54. The van der Waals surface area contributed by atoms with Crippen LogP contribution in [0.25, 0.3) is 0 Å². The Kier molecular flexibility index (Phi) is 0.990. The van der Waals surface area contributed by atoms with Gasteiger partial charge in [0.1, 0.15) is 0 Å². The van der Waals surface area contributed by atoms with E-state index in [4.69, 9.17) is 0 Å². The molecule has 5 unspecified atom stereocenters. The van der Waals surface area contributed by atoms with Crippen molar-refractivity contribution in [3.05, 3.63) is 0 Å². The molecule has 0 aromatic rings. The molecule has 3 fully saturated rings. The van der Waals surface area contributed by atoms with Crippen LogP contribution >= 0.6 is 0 Å². The summed E-state index contributed by atoms with van der Waals surface area (Å²) in [5, 5.41) is 0. The standard InChI is InChI=1S/C11H18/c1-7-10-6-8(10)5-9-3-4-11(7,9)2/h7-10H,3-6H2,1-2H3. The van der Waals surface area contributed by atoms with Gasteiger partial charge in [-0.15, -0.1) is 0 Å². The van der Waals surface area contributed by atoms with Gasteiger partial charge in [0.15, 0.2) is 0 Å². The topological polar surface area (TPSA) is 0 Å². The summed E-state index contributed by atoms with van der Waals surface area (Å²) < 4.78 is 0. The second kappa shape index (κ2) is 1.67. The van der Waals surface area contributed by atoms with Crippen molar-refractivity contribution in [2.45, 2.75) is 39.5 Å². The van der Waals surface area contributed by atoms with E-state index in [1.54, 1.807) is 19.3 Å². The lowest BCUT2D eigenvalue weighted by Gasteiger charge is -2.54. The fourth-order valence-electron chi connectivity index (χ4n) is 3.80. The third-order valence-electron chi connectivity index (χ3n) is 5.21. The summed E-state index contributed by atoms with van der Waals surface area (Å²) >= 11 is 0. The van der Waals surface area contributed by atoms with Gasteiger partial charge in [-0.05, 0) is 54.8 Å². The van der Waals surface area contributed by atoms with Crippen LogP contribution in [0.15, 0.2) is 0 Å². The largest absolute Gasteiger partial charge is 0.0617 e. The summed E-state index contributed by atoms with van der Waals surface area (Å²) in [6, 6.07) is 0. The molecule has 0 radical (unpaired) electrons. The van der Waals surface area contributed by atoms with Crippen molar-refractivity contribution in [2.24, 2.45) is 29.1 Å². The van der Waals surface area contributed by atoms with Crippen LogP contribution in [0.1, 0.15) is 39.5 Å². The molecule has 0 aromatic carbocycles. The van der Waals surface area contributed by atoms with E-state index in [-0.39, 0.29) is 0 Å². The molecule has 3 rings (SSSR count). The summed E-state index contributed by atoms with van der Waals surface area (Å²) in [5.74, 6) is 4.50. The van der Waals surface area contributed by atoms with Gasteiger partial charge in [-0.25, -0.2) is 0 Å². The second-order valence-electron chi connectivity index (χ2n) is 5.43. The summed E-state index contributed by atoms with van der Waals surface area (Å²) in [7, 11) is 0. The molecule has 0 aromatic heterocycles. The first-order valence-electron chi connectivity index (χ1n) is 5.22. The van der Waals surface area contributed by atoms with Crippen molar-refractivity contribution in [3.8, 4) is 0 Å². The molecule has 62 valence electrons. The van der Waals surface area contributed by atoms with Crippen molar-refractivity contribution in [2.75, 3.05) is 0 Å². The molecule has 0 saturated heterocycles. The van der Waals surface area contributed by atoms with E-state index in [1.165, 1.54) is 12.3 Å². The molecule has 0 spiro atoms. The molecule has 3 saturated carbocycles. The van der Waals surface area contributed by atoms with E-state index in [0.717, 1.165) is 23.2 Å². The molecule has 0 aliphatic heterocycles. The Bertz CT molecular complexity index is 196. The average Bonchev–Trinajstić information content (AvgIpc) is 2.72. The highest BCUT2D eigenvalue weighted by Gasteiger charge is 2.59. The van der Waals surface area contributed by atoms with Gasteiger partial charge >= 0.3 is 0 Å². The number of hydrogen-bond acceptors (Lipinski definition) is 0. The van der Waals surface area contributed by atoms with Crippen LogP contribution in [-0.2, 0) is 0 Å². The Labute approximate surface area is 69.4 Å². The smallest absolute Gasteiger partial charge is 0.0269 e. The lowest BCUT2D eigenvalue weighted by Crippen LogP contribution is -2.46. The molecule has 3 aliphatic carbocycles. The molecule has 0 heterocycles. The molecule has 0 amide bonds. The third kappa shape index (κ3) is 0.625. The Hall–Kier alpha value is 0. The highest BCUT2D eigenvalue weighted by molar-refractivity contribution is 5.09. The van der Waals surface area contributed by atoms with Gasteiger partial charge in [-0.2, -0.15) is 0 Å². The van der Waals surface area contributed by atoms with Gasteiger partial charge in [-0.3, -0.25) is 0 Å². The molecule has 11 heavy (non-hydrogen) atoms. The first kappa shape index (κ1) is 6.51. The number of hydrogen-bond donors (Lipinski definition) is 0. The molecule has 0 heteroatoms. The van der Waals surface area contributed by atoms with Crippen molar-refractivity contribution >= 4 is 0 Å². The van der Waals surface area contributed by atoms with Gasteiger partial charge in [0.2, 0.25) is 0 Å². The molecule has 5 atom stereocenters.